The molecule has 0 aliphatic carbocycles. The average Bonchev–Trinajstić information content (AvgIpc) is 3.98. The summed E-state index contributed by atoms with van der Waals surface area (Å²) in [5.41, 5.74) is 2.72. The maximum absolute atomic E-state index is 13.7. The van der Waals surface area contributed by atoms with E-state index in [2.05, 4.69) is 37.4 Å². The van der Waals surface area contributed by atoms with Crippen LogP contribution in [0.15, 0.2) is 54.6 Å². The Hall–Kier alpha value is -6.48. The number of H-pyrrole nitrogens is 1. The number of likely N-dealkylation sites (tertiary alicyclic amines) is 1. The predicted molar refractivity (Wildman–Crippen MR) is 224 cm³/mol. The first-order valence-electron chi connectivity index (χ1n) is 20.2. The zero-order valence-electron chi connectivity index (χ0n) is 34.7. The van der Waals surface area contributed by atoms with Gasteiger partial charge in [-0.25, -0.2) is 9.97 Å². The van der Waals surface area contributed by atoms with Gasteiger partial charge in [-0.1, -0.05) is 36.3 Å². The minimum atomic E-state index is -0.749. The van der Waals surface area contributed by atoms with Crippen LogP contribution in [0, 0.1) is 23.7 Å². The van der Waals surface area contributed by atoms with Crippen LogP contribution in [-0.4, -0.2) is 162 Å². The number of terminal acetylenes is 1. The number of rotatable bonds is 25. The highest BCUT2D eigenvalue weighted by Gasteiger charge is 2.31. The van der Waals surface area contributed by atoms with Gasteiger partial charge in [0.2, 0.25) is 11.7 Å². The van der Waals surface area contributed by atoms with Crippen molar-refractivity contribution in [1.29, 1.82) is 5.26 Å². The molecule has 328 valence electrons. The number of methoxy groups -OCH3 is 1. The van der Waals surface area contributed by atoms with Crippen LogP contribution in [0.5, 0.6) is 5.75 Å². The number of aromatic amines is 1. The molecule has 62 heavy (non-hydrogen) atoms. The summed E-state index contributed by atoms with van der Waals surface area (Å²) < 4.78 is 28.1. The van der Waals surface area contributed by atoms with E-state index in [0.29, 0.717) is 75.4 Å². The number of Topliss-reactive ketones (excluding diaryl/α,β-unsaturated/α-hetero) is 1. The Kier molecular flexibility index (Phi) is 18.6. The van der Waals surface area contributed by atoms with E-state index in [9.17, 15) is 29.5 Å². The fraction of sp³-hybridized carbons (Fsp3) is 0.442. The molecule has 0 radical (unpaired) electrons. The SMILES string of the molecule is C#CCOCCOCCOCCOCCC(=O)NCCCN(CCO)C(=O)c1ncn(-c2ncc(OC)c3c(C(=O)C(=O)N4CCC(=C(C#N)c5ccccc5)CC4)c[nH]c23)n1. The standard InChI is InChI=1S/C43H51N9O10/c1-3-19-59-21-23-61-25-26-62-24-22-60-20-12-36(54)45-13-7-14-50(17-18-53)43(57)40-48-30-52(49-40)41-38-37(35(58-2)29-47-41)34(28-46-38)39(55)42(56)51-15-10-32(11-16-51)33(27-44)31-8-5-4-6-9-31/h1,4-6,8-9,28-30,46,53H,7,10-26H2,2H3,(H,45,54). The second-order valence-electron chi connectivity index (χ2n) is 13.8. The minimum Gasteiger partial charge on any atom is -0.494 e. The van der Waals surface area contributed by atoms with Crippen LogP contribution in [-0.2, 0) is 28.5 Å². The van der Waals surface area contributed by atoms with Gasteiger partial charge in [-0.05, 0) is 30.4 Å². The Morgan fingerprint density at radius 2 is 1.66 bits per heavy atom. The smallest absolute Gasteiger partial charge is 0.295 e. The number of carbonyl (C=O) groups excluding carboxylic acids is 4. The second-order valence-corrected chi connectivity index (χ2v) is 13.8. The van der Waals surface area contributed by atoms with E-state index in [1.54, 1.807) is 0 Å². The molecule has 1 aliphatic rings. The van der Waals surface area contributed by atoms with Gasteiger partial charge in [0, 0.05) is 45.3 Å². The summed E-state index contributed by atoms with van der Waals surface area (Å²) in [6.45, 7) is 3.57. The Bertz CT molecular complexity index is 2230. The van der Waals surface area contributed by atoms with Gasteiger partial charge in [0.15, 0.2) is 5.82 Å². The van der Waals surface area contributed by atoms with E-state index in [0.717, 1.165) is 11.1 Å². The number of carbonyl (C=O) groups is 4. The van der Waals surface area contributed by atoms with E-state index in [4.69, 9.17) is 30.1 Å². The summed E-state index contributed by atoms with van der Waals surface area (Å²) in [6.07, 6.45) is 10.7. The van der Waals surface area contributed by atoms with E-state index >= 15 is 0 Å². The Labute approximate surface area is 358 Å². The Morgan fingerprint density at radius 3 is 2.32 bits per heavy atom. The van der Waals surface area contributed by atoms with Crippen molar-refractivity contribution in [2.24, 2.45) is 0 Å². The normalized spacial score (nSPS) is 12.5. The molecular formula is C43H51N9O10. The highest BCUT2D eigenvalue weighted by Crippen LogP contribution is 2.33. The van der Waals surface area contributed by atoms with Crippen molar-refractivity contribution in [3.05, 3.63) is 71.6 Å². The quantitative estimate of drug-likeness (QED) is 0.0284. The summed E-state index contributed by atoms with van der Waals surface area (Å²) >= 11 is 0. The summed E-state index contributed by atoms with van der Waals surface area (Å²) in [6, 6.07) is 11.7. The number of piperidine rings is 1. The lowest BCUT2D eigenvalue weighted by atomic mass is 9.93. The number of hydrogen-bond acceptors (Lipinski definition) is 14. The lowest BCUT2D eigenvalue weighted by Crippen LogP contribution is -2.40. The molecule has 0 bridgehead atoms. The molecule has 0 atom stereocenters. The number of allylic oxidation sites excluding steroid dienone is 1. The summed E-state index contributed by atoms with van der Waals surface area (Å²) in [5, 5.41) is 27.0. The second kappa shape index (κ2) is 24.7. The lowest BCUT2D eigenvalue weighted by Gasteiger charge is -2.28. The number of amides is 3. The van der Waals surface area contributed by atoms with Crippen molar-refractivity contribution in [3.63, 3.8) is 0 Å². The van der Waals surface area contributed by atoms with Gasteiger partial charge in [0.05, 0.1) is 94.3 Å². The number of aromatic nitrogens is 5. The van der Waals surface area contributed by atoms with E-state index in [1.807, 2.05) is 30.3 Å². The van der Waals surface area contributed by atoms with Crippen molar-refractivity contribution in [2.75, 3.05) is 99.3 Å². The highest BCUT2D eigenvalue weighted by atomic mass is 16.6. The van der Waals surface area contributed by atoms with Gasteiger partial charge in [0.25, 0.3) is 17.6 Å². The molecule has 1 aromatic carbocycles. The minimum absolute atomic E-state index is 0.00652. The number of fused-ring (bicyclic) bond motifs is 1. The zero-order chi connectivity index (χ0) is 44.1. The topological polar surface area (TPSA) is 236 Å². The van der Waals surface area contributed by atoms with Crippen molar-refractivity contribution >= 4 is 40.0 Å². The monoisotopic (exact) mass is 853 g/mol. The number of benzene rings is 1. The molecule has 3 N–H and O–H groups in total. The van der Waals surface area contributed by atoms with E-state index < -0.39 is 17.6 Å². The number of nitrogens with one attached hydrogen (secondary N) is 2. The van der Waals surface area contributed by atoms with Gasteiger partial charge in [-0.3, -0.25) is 19.2 Å². The number of nitriles is 1. The summed E-state index contributed by atoms with van der Waals surface area (Å²) in [7, 11) is 1.42. The van der Waals surface area contributed by atoms with Crippen LogP contribution in [0.2, 0.25) is 0 Å². The Morgan fingerprint density at radius 1 is 0.968 bits per heavy atom. The van der Waals surface area contributed by atoms with Crippen molar-refractivity contribution in [3.8, 4) is 30.0 Å². The fourth-order valence-corrected chi connectivity index (χ4v) is 6.64. The largest absolute Gasteiger partial charge is 0.494 e. The maximum Gasteiger partial charge on any atom is 0.295 e. The number of aliphatic hydroxyl groups excluding tert-OH is 1. The third-order valence-electron chi connectivity index (χ3n) is 9.75. The molecule has 1 saturated heterocycles. The van der Waals surface area contributed by atoms with Gasteiger partial charge in [0.1, 0.15) is 18.7 Å². The molecule has 4 aromatic rings. The molecule has 0 spiro atoms. The zero-order valence-corrected chi connectivity index (χ0v) is 34.7. The van der Waals surface area contributed by atoms with Crippen LogP contribution in [0.1, 0.15) is 52.2 Å². The summed E-state index contributed by atoms with van der Waals surface area (Å²) in [5.74, 6) is 0.427. The Balaban J connectivity index is 1.10. The number of ketones is 1. The van der Waals surface area contributed by atoms with Crippen LogP contribution in [0.3, 0.4) is 0 Å². The fourth-order valence-electron chi connectivity index (χ4n) is 6.64. The first-order chi connectivity index (χ1) is 30.3. The lowest BCUT2D eigenvalue weighted by molar-refractivity contribution is -0.127. The van der Waals surface area contributed by atoms with Gasteiger partial charge < -0.3 is 48.9 Å². The van der Waals surface area contributed by atoms with Crippen LogP contribution >= 0.6 is 0 Å². The summed E-state index contributed by atoms with van der Waals surface area (Å²) in [4.78, 5) is 67.6. The maximum atomic E-state index is 13.7. The first-order valence-corrected chi connectivity index (χ1v) is 20.2. The third kappa shape index (κ3) is 12.8. The number of pyridine rings is 1. The molecule has 1 fully saturated rings. The molecule has 0 unspecified atom stereocenters. The molecule has 1 aliphatic heterocycles. The van der Waals surface area contributed by atoms with E-state index in [1.165, 1.54) is 40.3 Å². The molecule has 3 amide bonds. The average molecular weight is 854 g/mol. The number of aliphatic hydroxyl groups is 1. The highest BCUT2D eigenvalue weighted by molar-refractivity contribution is 6.45. The number of nitrogens with zero attached hydrogens (tertiary/aromatic N) is 7. The molecule has 4 heterocycles. The first kappa shape index (κ1) is 46.6. The van der Waals surface area contributed by atoms with Gasteiger partial charge >= 0.3 is 0 Å². The van der Waals surface area contributed by atoms with Crippen LogP contribution in [0.25, 0.3) is 22.3 Å². The van der Waals surface area contributed by atoms with E-state index in [-0.39, 0.29) is 87.8 Å². The molecule has 19 nitrogen and oxygen atoms in total. The number of hydrogen-bond donors (Lipinski definition) is 3. The molecule has 0 saturated carbocycles. The van der Waals surface area contributed by atoms with Crippen molar-refractivity contribution in [1.82, 2.24) is 39.8 Å². The predicted octanol–water partition coefficient (Wildman–Crippen LogP) is 1.97. The molecule has 3 aromatic heterocycles. The van der Waals surface area contributed by atoms with Gasteiger partial charge in [-0.15, -0.1) is 11.5 Å². The van der Waals surface area contributed by atoms with Crippen molar-refractivity contribution in [2.45, 2.75) is 25.7 Å². The molecule has 5 rings (SSSR count). The molecule has 19 heteroatoms. The van der Waals surface area contributed by atoms with Crippen LogP contribution in [0.4, 0.5) is 0 Å². The number of ether oxygens (including phenoxy) is 5. The molecular weight excluding hydrogens is 803 g/mol. The van der Waals surface area contributed by atoms with Crippen molar-refractivity contribution < 1.29 is 48.0 Å². The van der Waals surface area contributed by atoms with Gasteiger partial charge in [-0.2, -0.15) is 9.94 Å². The van der Waals surface area contributed by atoms with Crippen LogP contribution < -0.4 is 10.1 Å². The third-order valence-corrected chi connectivity index (χ3v) is 9.75.